The minimum atomic E-state index is -3.32. The summed E-state index contributed by atoms with van der Waals surface area (Å²) < 4.78 is 29.9. The van der Waals surface area contributed by atoms with Crippen LogP contribution in [0.1, 0.15) is 39.7 Å². The van der Waals surface area contributed by atoms with Crippen LogP contribution in [0.4, 0.5) is 5.95 Å². The Hall–Kier alpha value is -2.16. The molecule has 3 rings (SSSR count). The summed E-state index contributed by atoms with van der Waals surface area (Å²) in [5.74, 6) is 1.43. The largest absolute Gasteiger partial charge is 0.489 e. The van der Waals surface area contributed by atoms with Gasteiger partial charge in [0, 0.05) is 19.3 Å². The van der Waals surface area contributed by atoms with Gasteiger partial charge >= 0.3 is 0 Å². The second kappa shape index (κ2) is 7.84. The Kier molecular flexibility index (Phi) is 5.69. The molecule has 0 spiro atoms. The van der Waals surface area contributed by atoms with Crippen LogP contribution in [0.15, 0.2) is 29.2 Å². The SMILES string of the molecule is CC(C)n1nnc(N2CCC([C@H](C)Oc3ccccc3S(C)(=O)=O)CC2)n1. The van der Waals surface area contributed by atoms with Crippen molar-refractivity contribution in [1.29, 1.82) is 0 Å². The lowest BCUT2D eigenvalue weighted by Gasteiger charge is -2.34. The van der Waals surface area contributed by atoms with Crippen molar-refractivity contribution in [3.8, 4) is 5.75 Å². The first-order valence-electron chi connectivity index (χ1n) is 9.26. The molecule has 0 radical (unpaired) electrons. The van der Waals surface area contributed by atoms with E-state index in [-0.39, 0.29) is 17.0 Å². The number of sulfone groups is 1. The summed E-state index contributed by atoms with van der Waals surface area (Å²) in [7, 11) is -3.32. The standard InChI is InChI=1S/C18H27N5O3S/c1-13(2)23-20-18(19-21-23)22-11-9-15(10-12-22)14(3)26-16-7-5-6-8-17(16)27(4,24)25/h5-8,13-15H,9-12H2,1-4H3/t14-/m0/s1. The summed E-state index contributed by atoms with van der Waals surface area (Å²) in [6, 6.07) is 7.00. The first-order valence-corrected chi connectivity index (χ1v) is 11.1. The molecule has 0 bridgehead atoms. The number of benzene rings is 1. The van der Waals surface area contributed by atoms with Crippen LogP contribution in [0.2, 0.25) is 0 Å². The molecule has 9 heteroatoms. The molecular weight excluding hydrogens is 366 g/mol. The lowest BCUT2D eigenvalue weighted by molar-refractivity contribution is 0.129. The highest BCUT2D eigenvalue weighted by atomic mass is 32.2. The molecule has 2 heterocycles. The van der Waals surface area contributed by atoms with E-state index in [1.165, 1.54) is 6.26 Å². The number of ether oxygens (including phenoxy) is 1. The predicted octanol–water partition coefficient (Wildman–Crippen LogP) is 2.34. The summed E-state index contributed by atoms with van der Waals surface area (Å²) >= 11 is 0. The Morgan fingerprint density at radius 3 is 2.41 bits per heavy atom. The third kappa shape index (κ3) is 4.58. The van der Waals surface area contributed by atoms with Crippen molar-refractivity contribution in [3.63, 3.8) is 0 Å². The van der Waals surface area contributed by atoms with Gasteiger partial charge in [0.25, 0.3) is 5.95 Å². The van der Waals surface area contributed by atoms with Gasteiger partial charge in [0.15, 0.2) is 9.84 Å². The molecule has 1 atom stereocenters. The maximum absolute atomic E-state index is 12.0. The topological polar surface area (TPSA) is 90.2 Å². The average Bonchev–Trinajstić information content (AvgIpc) is 3.12. The van der Waals surface area contributed by atoms with E-state index >= 15 is 0 Å². The molecule has 27 heavy (non-hydrogen) atoms. The first kappa shape index (κ1) is 19.6. The van der Waals surface area contributed by atoms with Gasteiger partial charge in [-0.1, -0.05) is 17.2 Å². The minimum absolute atomic E-state index is 0.0747. The number of hydrogen-bond donors (Lipinski definition) is 0. The van der Waals surface area contributed by atoms with Gasteiger partial charge in [0.2, 0.25) is 0 Å². The van der Waals surface area contributed by atoms with E-state index < -0.39 is 9.84 Å². The minimum Gasteiger partial charge on any atom is -0.489 e. The van der Waals surface area contributed by atoms with Crippen molar-refractivity contribution in [1.82, 2.24) is 20.2 Å². The van der Waals surface area contributed by atoms with E-state index in [1.54, 1.807) is 29.1 Å². The molecule has 1 aliphatic rings. The molecule has 0 unspecified atom stereocenters. The molecule has 0 saturated carbocycles. The van der Waals surface area contributed by atoms with Crippen LogP contribution in [0.3, 0.4) is 0 Å². The van der Waals surface area contributed by atoms with Gasteiger partial charge in [-0.15, -0.1) is 5.10 Å². The molecule has 2 aromatic rings. The van der Waals surface area contributed by atoms with E-state index in [4.69, 9.17) is 4.74 Å². The number of nitrogens with zero attached hydrogens (tertiary/aromatic N) is 5. The number of tetrazole rings is 1. The number of rotatable bonds is 6. The number of aromatic nitrogens is 4. The Morgan fingerprint density at radius 1 is 1.15 bits per heavy atom. The fourth-order valence-electron chi connectivity index (χ4n) is 3.28. The van der Waals surface area contributed by atoms with Crippen LogP contribution in [0.5, 0.6) is 5.75 Å². The average molecular weight is 394 g/mol. The Morgan fingerprint density at radius 2 is 1.81 bits per heavy atom. The van der Waals surface area contributed by atoms with E-state index in [0.29, 0.717) is 17.6 Å². The lowest BCUT2D eigenvalue weighted by atomic mass is 9.92. The highest BCUT2D eigenvalue weighted by Gasteiger charge is 2.28. The van der Waals surface area contributed by atoms with Gasteiger partial charge < -0.3 is 9.64 Å². The van der Waals surface area contributed by atoms with Gasteiger partial charge in [-0.3, -0.25) is 0 Å². The van der Waals surface area contributed by atoms with Crippen LogP contribution in [0, 0.1) is 5.92 Å². The lowest BCUT2D eigenvalue weighted by Crippen LogP contribution is -2.39. The Labute approximate surface area is 160 Å². The van der Waals surface area contributed by atoms with Crippen LogP contribution < -0.4 is 9.64 Å². The Bertz CT molecular complexity index is 873. The molecule has 148 valence electrons. The van der Waals surface area contributed by atoms with Crippen molar-refractivity contribution >= 4 is 15.8 Å². The maximum atomic E-state index is 12.0. The normalized spacial score (nSPS) is 17.3. The van der Waals surface area contributed by atoms with Crippen LogP contribution in [0.25, 0.3) is 0 Å². The fraction of sp³-hybridized carbons (Fsp3) is 0.611. The molecule has 1 saturated heterocycles. The zero-order valence-corrected chi connectivity index (χ0v) is 17.1. The van der Waals surface area contributed by atoms with Gasteiger partial charge in [-0.25, -0.2) is 8.42 Å². The molecule has 1 aromatic heterocycles. The molecule has 0 N–H and O–H groups in total. The number of piperidine rings is 1. The van der Waals surface area contributed by atoms with E-state index in [0.717, 1.165) is 25.9 Å². The van der Waals surface area contributed by atoms with Crippen LogP contribution in [-0.4, -0.2) is 54.1 Å². The van der Waals surface area contributed by atoms with Crippen LogP contribution in [-0.2, 0) is 9.84 Å². The smallest absolute Gasteiger partial charge is 0.266 e. The Balaban J connectivity index is 1.61. The maximum Gasteiger partial charge on any atom is 0.266 e. The number of para-hydroxylation sites is 1. The van der Waals surface area contributed by atoms with Gasteiger partial charge in [-0.05, 0) is 56.9 Å². The van der Waals surface area contributed by atoms with E-state index in [1.807, 2.05) is 20.8 Å². The summed E-state index contributed by atoms with van der Waals surface area (Å²) in [4.78, 5) is 4.00. The van der Waals surface area contributed by atoms with Crippen molar-refractivity contribution in [2.45, 2.75) is 50.7 Å². The van der Waals surface area contributed by atoms with Crippen molar-refractivity contribution in [2.24, 2.45) is 5.92 Å². The fourth-order valence-corrected chi connectivity index (χ4v) is 4.09. The molecule has 0 amide bonds. The third-order valence-corrected chi connectivity index (χ3v) is 6.06. The monoisotopic (exact) mass is 393 g/mol. The second-order valence-electron chi connectivity index (χ2n) is 7.37. The molecule has 8 nitrogen and oxygen atoms in total. The molecule has 1 aliphatic heterocycles. The summed E-state index contributed by atoms with van der Waals surface area (Å²) in [6.45, 7) is 7.70. The number of hydrogen-bond acceptors (Lipinski definition) is 7. The van der Waals surface area contributed by atoms with Gasteiger partial charge in [-0.2, -0.15) is 4.80 Å². The number of anilines is 1. The predicted molar refractivity (Wildman–Crippen MR) is 103 cm³/mol. The summed E-state index contributed by atoms with van der Waals surface area (Å²) in [6.07, 6.45) is 2.99. The highest BCUT2D eigenvalue weighted by Crippen LogP contribution is 2.29. The van der Waals surface area contributed by atoms with Crippen LogP contribution >= 0.6 is 0 Å². The zero-order valence-electron chi connectivity index (χ0n) is 16.2. The van der Waals surface area contributed by atoms with Crippen molar-refractivity contribution in [2.75, 3.05) is 24.2 Å². The van der Waals surface area contributed by atoms with E-state index in [9.17, 15) is 8.42 Å². The van der Waals surface area contributed by atoms with Gasteiger partial charge in [0.1, 0.15) is 10.6 Å². The molecular formula is C18H27N5O3S. The van der Waals surface area contributed by atoms with Crippen molar-refractivity contribution < 1.29 is 13.2 Å². The summed E-state index contributed by atoms with van der Waals surface area (Å²) in [5.41, 5.74) is 0. The quantitative estimate of drug-likeness (QED) is 0.744. The molecule has 0 aliphatic carbocycles. The molecule has 1 fully saturated rings. The molecule has 1 aromatic carbocycles. The van der Waals surface area contributed by atoms with E-state index in [2.05, 4.69) is 20.3 Å². The van der Waals surface area contributed by atoms with Crippen molar-refractivity contribution in [3.05, 3.63) is 24.3 Å². The zero-order chi connectivity index (χ0) is 19.6. The second-order valence-corrected chi connectivity index (χ2v) is 9.35. The highest BCUT2D eigenvalue weighted by molar-refractivity contribution is 7.90. The summed E-state index contributed by atoms with van der Waals surface area (Å²) in [5, 5.41) is 12.7. The van der Waals surface area contributed by atoms with Gasteiger partial charge in [0.05, 0.1) is 12.1 Å². The first-order chi connectivity index (χ1) is 12.8. The third-order valence-electron chi connectivity index (χ3n) is 4.93.